The molecule has 2 N–H and O–H groups in total. The third kappa shape index (κ3) is 1.74. The standard InChI is InChI=1S/C15H14N2O/c1-2-10-5-4-8-13-14(10)18-15(17-13)11-6-3-7-12(16)9-11/h3-9H,2,16H2,1H3. The van der Waals surface area contributed by atoms with Crippen molar-refractivity contribution in [1.29, 1.82) is 0 Å². The average molecular weight is 238 g/mol. The number of anilines is 1. The number of para-hydroxylation sites is 1. The third-order valence-electron chi connectivity index (χ3n) is 3.01. The average Bonchev–Trinajstić information content (AvgIpc) is 2.82. The first-order chi connectivity index (χ1) is 8.78. The van der Waals surface area contributed by atoms with Crippen molar-refractivity contribution >= 4 is 16.8 Å². The molecular formula is C15H14N2O. The summed E-state index contributed by atoms with van der Waals surface area (Å²) in [6.07, 6.45) is 0.933. The van der Waals surface area contributed by atoms with Gasteiger partial charge in [0.1, 0.15) is 5.52 Å². The van der Waals surface area contributed by atoms with Crippen LogP contribution in [0.15, 0.2) is 46.9 Å². The predicted molar refractivity (Wildman–Crippen MR) is 73.2 cm³/mol. The molecule has 1 heterocycles. The zero-order valence-corrected chi connectivity index (χ0v) is 10.2. The molecule has 0 fully saturated rings. The number of nitrogens with zero attached hydrogens (tertiary/aromatic N) is 1. The monoisotopic (exact) mass is 238 g/mol. The molecule has 0 amide bonds. The largest absolute Gasteiger partial charge is 0.436 e. The summed E-state index contributed by atoms with van der Waals surface area (Å²) in [7, 11) is 0. The first-order valence-corrected chi connectivity index (χ1v) is 6.02. The molecule has 0 radical (unpaired) electrons. The number of fused-ring (bicyclic) bond motifs is 1. The molecule has 3 nitrogen and oxygen atoms in total. The molecule has 3 heteroatoms. The molecule has 0 spiro atoms. The van der Waals surface area contributed by atoms with Crippen LogP contribution in [-0.4, -0.2) is 4.98 Å². The topological polar surface area (TPSA) is 52.0 Å². The highest BCUT2D eigenvalue weighted by atomic mass is 16.3. The van der Waals surface area contributed by atoms with E-state index < -0.39 is 0 Å². The lowest BCUT2D eigenvalue weighted by Gasteiger charge is -1.97. The Balaban J connectivity index is 2.19. The molecule has 0 saturated carbocycles. The van der Waals surface area contributed by atoms with E-state index in [4.69, 9.17) is 10.2 Å². The first-order valence-electron chi connectivity index (χ1n) is 6.02. The van der Waals surface area contributed by atoms with Crippen LogP contribution in [0.4, 0.5) is 5.69 Å². The zero-order chi connectivity index (χ0) is 12.5. The van der Waals surface area contributed by atoms with Crippen molar-refractivity contribution in [3.63, 3.8) is 0 Å². The summed E-state index contributed by atoms with van der Waals surface area (Å²) < 4.78 is 5.86. The maximum Gasteiger partial charge on any atom is 0.227 e. The molecule has 3 aromatic rings. The van der Waals surface area contributed by atoms with E-state index in [-0.39, 0.29) is 0 Å². The van der Waals surface area contributed by atoms with Crippen LogP contribution in [0.3, 0.4) is 0 Å². The van der Waals surface area contributed by atoms with Crippen LogP contribution in [0.2, 0.25) is 0 Å². The number of benzene rings is 2. The number of hydrogen-bond acceptors (Lipinski definition) is 3. The van der Waals surface area contributed by atoms with Gasteiger partial charge in [-0.1, -0.05) is 25.1 Å². The van der Waals surface area contributed by atoms with E-state index in [0.29, 0.717) is 11.6 Å². The fraction of sp³-hybridized carbons (Fsp3) is 0.133. The van der Waals surface area contributed by atoms with Crippen molar-refractivity contribution in [2.75, 3.05) is 5.73 Å². The Morgan fingerprint density at radius 3 is 2.78 bits per heavy atom. The highest BCUT2D eigenvalue weighted by Crippen LogP contribution is 2.27. The van der Waals surface area contributed by atoms with E-state index in [1.165, 1.54) is 5.56 Å². The Hall–Kier alpha value is -2.29. The van der Waals surface area contributed by atoms with Gasteiger partial charge in [0.15, 0.2) is 5.58 Å². The number of nitrogens with two attached hydrogens (primary N) is 1. The minimum Gasteiger partial charge on any atom is -0.436 e. The van der Waals surface area contributed by atoms with E-state index in [1.54, 1.807) is 0 Å². The van der Waals surface area contributed by atoms with E-state index in [0.717, 1.165) is 23.1 Å². The van der Waals surface area contributed by atoms with E-state index in [2.05, 4.69) is 18.0 Å². The SMILES string of the molecule is CCc1cccc2nc(-c3cccc(N)c3)oc12. The fourth-order valence-corrected chi connectivity index (χ4v) is 2.08. The van der Waals surface area contributed by atoms with E-state index >= 15 is 0 Å². The van der Waals surface area contributed by atoms with Gasteiger partial charge in [0, 0.05) is 11.3 Å². The number of nitrogen functional groups attached to an aromatic ring is 1. The lowest BCUT2D eigenvalue weighted by molar-refractivity contribution is 0.615. The Morgan fingerprint density at radius 2 is 2.00 bits per heavy atom. The molecule has 0 bridgehead atoms. The minimum absolute atomic E-state index is 0.623. The molecule has 0 atom stereocenters. The molecule has 90 valence electrons. The summed E-state index contributed by atoms with van der Waals surface area (Å²) >= 11 is 0. The Kier molecular flexibility index (Phi) is 2.52. The number of rotatable bonds is 2. The number of hydrogen-bond donors (Lipinski definition) is 1. The summed E-state index contributed by atoms with van der Waals surface area (Å²) in [5, 5.41) is 0. The number of aryl methyl sites for hydroxylation is 1. The molecule has 0 aliphatic heterocycles. The molecule has 0 saturated heterocycles. The van der Waals surface area contributed by atoms with Gasteiger partial charge < -0.3 is 10.2 Å². The van der Waals surface area contributed by atoms with Gasteiger partial charge in [-0.05, 0) is 36.2 Å². The maximum atomic E-state index is 5.86. The van der Waals surface area contributed by atoms with Crippen LogP contribution >= 0.6 is 0 Å². The van der Waals surface area contributed by atoms with Crippen LogP contribution in [0.5, 0.6) is 0 Å². The van der Waals surface area contributed by atoms with Gasteiger partial charge in [-0.3, -0.25) is 0 Å². The van der Waals surface area contributed by atoms with Crippen LogP contribution < -0.4 is 5.73 Å². The van der Waals surface area contributed by atoms with Gasteiger partial charge in [0.05, 0.1) is 0 Å². The summed E-state index contributed by atoms with van der Waals surface area (Å²) in [6, 6.07) is 13.6. The Morgan fingerprint density at radius 1 is 1.17 bits per heavy atom. The lowest BCUT2D eigenvalue weighted by Crippen LogP contribution is -1.84. The second kappa shape index (κ2) is 4.18. The second-order valence-corrected chi connectivity index (χ2v) is 4.26. The van der Waals surface area contributed by atoms with Gasteiger partial charge in [0.25, 0.3) is 0 Å². The molecule has 2 aromatic carbocycles. The fourth-order valence-electron chi connectivity index (χ4n) is 2.08. The lowest BCUT2D eigenvalue weighted by atomic mass is 10.1. The molecular weight excluding hydrogens is 224 g/mol. The smallest absolute Gasteiger partial charge is 0.227 e. The summed E-state index contributed by atoms with van der Waals surface area (Å²) in [5.41, 5.74) is 10.3. The van der Waals surface area contributed by atoms with Gasteiger partial charge in [-0.25, -0.2) is 4.98 Å². The van der Waals surface area contributed by atoms with Gasteiger partial charge in [-0.15, -0.1) is 0 Å². The van der Waals surface area contributed by atoms with Crippen molar-refractivity contribution in [1.82, 2.24) is 4.98 Å². The number of aromatic nitrogens is 1. The predicted octanol–water partition coefficient (Wildman–Crippen LogP) is 3.64. The normalized spacial score (nSPS) is 10.9. The quantitative estimate of drug-likeness (QED) is 0.693. The zero-order valence-electron chi connectivity index (χ0n) is 10.2. The third-order valence-corrected chi connectivity index (χ3v) is 3.01. The molecule has 1 aromatic heterocycles. The summed E-state index contributed by atoms with van der Waals surface area (Å²) in [5.74, 6) is 0.623. The molecule has 0 unspecified atom stereocenters. The van der Waals surface area contributed by atoms with E-state index in [9.17, 15) is 0 Å². The maximum absolute atomic E-state index is 5.86. The van der Waals surface area contributed by atoms with Gasteiger partial charge in [0.2, 0.25) is 5.89 Å². The van der Waals surface area contributed by atoms with Crippen molar-refractivity contribution in [3.05, 3.63) is 48.0 Å². The van der Waals surface area contributed by atoms with Crippen molar-refractivity contribution in [2.45, 2.75) is 13.3 Å². The van der Waals surface area contributed by atoms with Crippen molar-refractivity contribution in [3.8, 4) is 11.5 Å². The molecule has 0 aliphatic carbocycles. The number of oxazole rings is 1. The molecule has 18 heavy (non-hydrogen) atoms. The van der Waals surface area contributed by atoms with Crippen LogP contribution in [0.25, 0.3) is 22.6 Å². The Labute approximate surface area is 105 Å². The van der Waals surface area contributed by atoms with Gasteiger partial charge in [-0.2, -0.15) is 0 Å². The van der Waals surface area contributed by atoms with E-state index in [1.807, 2.05) is 36.4 Å². The summed E-state index contributed by atoms with van der Waals surface area (Å²) in [4.78, 5) is 4.51. The highest BCUT2D eigenvalue weighted by Gasteiger charge is 2.10. The first kappa shape index (κ1) is 10.8. The van der Waals surface area contributed by atoms with Crippen molar-refractivity contribution in [2.24, 2.45) is 0 Å². The highest BCUT2D eigenvalue weighted by molar-refractivity contribution is 5.79. The Bertz CT molecular complexity index is 701. The molecule has 3 rings (SSSR count). The summed E-state index contributed by atoms with van der Waals surface area (Å²) in [6.45, 7) is 2.11. The van der Waals surface area contributed by atoms with Crippen molar-refractivity contribution < 1.29 is 4.42 Å². The molecule has 0 aliphatic rings. The second-order valence-electron chi connectivity index (χ2n) is 4.26. The van der Waals surface area contributed by atoms with Gasteiger partial charge >= 0.3 is 0 Å². The van der Waals surface area contributed by atoms with Crippen LogP contribution in [-0.2, 0) is 6.42 Å². The van der Waals surface area contributed by atoms with Crippen LogP contribution in [0.1, 0.15) is 12.5 Å². The minimum atomic E-state index is 0.623. The van der Waals surface area contributed by atoms with Crippen LogP contribution in [0, 0.1) is 0 Å².